The smallest absolute Gasteiger partial charge is 0.271 e. The molecule has 6 heteroatoms. The molecule has 0 bridgehead atoms. The minimum atomic E-state index is -0.281. The van der Waals surface area contributed by atoms with Crippen LogP contribution in [0.5, 0.6) is 11.5 Å². The Hall–Kier alpha value is -2.34. The number of benzene rings is 2. The van der Waals surface area contributed by atoms with Gasteiger partial charge in [0.2, 0.25) is 0 Å². The summed E-state index contributed by atoms with van der Waals surface area (Å²) >= 11 is 3.32. The lowest BCUT2D eigenvalue weighted by Gasteiger charge is -2.07. The van der Waals surface area contributed by atoms with Gasteiger partial charge >= 0.3 is 0 Å². The summed E-state index contributed by atoms with van der Waals surface area (Å²) in [7, 11) is 3.15. The van der Waals surface area contributed by atoms with Crippen molar-refractivity contribution in [2.24, 2.45) is 5.10 Å². The summed E-state index contributed by atoms with van der Waals surface area (Å²) in [5, 5.41) is 3.95. The highest BCUT2D eigenvalue weighted by Crippen LogP contribution is 2.23. The lowest BCUT2D eigenvalue weighted by atomic mass is 10.2. The van der Waals surface area contributed by atoms with Crippen LogP contribution >= 0.6 is 15.9 Å². The normalized spacial score (nSPS) is 10.5. The van der Waals surface area contributed by atoms with E-state index in [1.807, 2.05) is 0 Å². The van der Waals surface area contributed by atoms with Crippen LogP contribution in [-0.2, 0) is 0 Å². The molecule has 2 aromatic rings. The quantitative estimate of drug-likeness (QED) is 0.656. The molecule has 0 aliphatic carbocycles. The number of carbonyl (C=O) groups is 1. The highest BCUT2D eigenvalue weighted by Gasteiger charge is 2.05. The van der Waals surface area contributed by atoms with E-state index in [1.165, 1.54) is 6.21 Å². The summed E-state index contributed by atoms with van der Waals surface area (Å²) in [5.41, 5.74) is 3.74. The summed E-state index contributed by atoms with van der Waals surface area (Å²) in [5.74, 6) is 1.02. The first kappa shape index (κ1) is 16.0. The average Bonchev–Trinajstić information content (AvgIpc) is 2.55. The Morgan fingerprint density at radius 2 is 1.86 bits per heavy atom. The van der Waals surface area contributed by atoms with Crippen molar-refractivity contribution in [3.63, 3.8) is 0 Å². The molecule has 1 N–H and O–H groups in total. The first-order valence-electron chi connectivity index (χ1n) is 6.45. The van der Waals surface area contributed by atoms with E-state index in [0.29, 0.717) is 17.1 Å². The number of amides is 1. The number of carbonyl (C=O) groups excluding carboxylic acids is 1. The molecule has 22 heavy (non-hydrogen) atoms. The van der Waals surface area contributed by atoms with E-state index in [1.54, 1.807) is 56.7 Å². The van der Waals surface area contributed by atoms with Crippen LogP contribution in [0.2, 0.25) is 0 Å². The third-order valence-electron chi connectivity index (χ3n) is 2.92. The maximum absolute atomic E-state index is 11.9. The van der Waals surface area contributed by atoms with Gasteiger partial charge in [-0.05, 0) is 36.4 Å². The summed E-state index contributed by atoms with van der Waals surface area (Å²) < 4.78 is 11.3. The number of hydrogen-bond donors (Lipinski definition) is 1. The lowest BCUT2D eigenvalue weighted by molar-refractivity contribution is 0.0955. The van der Waals surface area contributed by atoms with E-state index < -0.39 is 0 Å². The minimum Gasteiger partial charge on any atom is -0.497 e. The largest absolute Gasteiger partial charge is 0.497 e. The fourth-order valence-electron chi connectivity index (χ4n) is 1.75. The van der Waals surface area contributed by atoms with Crippen molar-refractivity contribution in [1.82, 2.24) is 5.43 Å². The molecule has 0 saturated carbocycles. The summed E-state index contributed by atoms with van der Waals surface area (Å²) in [6.45, 7) is 0. The molecule has 0 fully saturated rings. The second-order valence-corrected chi connectivity index (χ2v) is 5.23. The zero-order valence-electron chi connectivity index (χ0n) is 12.2. The molecule has 0 aliphatic heterocycles. The van der Waals surface area contributed by atoms with Gasteiger partial charge in [0.25, 0.3) is 5.91 Å². The highest BCUT2D eigenvalue weighted by atomic mass is 79.9. The van der Waals surface area contributed by atoms with Crippen LogP contribution in [0.3, 0.4) is 0 Å². The molecule has 2 rings (SSSR count). The van der Waals surface area contributed by atoms with Crippen molar-refractivity contribution in [3.8, 4) is 11.5 Å². The van der Waals surface area contributed by atoms with Gasteiger partial charge in [-0.2, -0.15) is 5.10 Å². The van der Waals surface area contributed by atoms with E-state index in [0.717, 1.165) is 10.0 Å². The molecule has 0 aliphatic rings. The van der Waals surface area contributed by atoms with E-state index >= 15 is 0 Å². The number of nitrogens with one attached hydrogen (secondary N) is 1. The van der Waals surface area contributed by atoms with Crippen LogP contribution in [0.15, 0.2) is 52.0 Å². The number of ether oxygens (including phenoxy) is 2. The maximum Gasteiger partial charge on any atom is 0.271 e. The molecular weight excluding hydrogens is 348 g/mol. The molecule has 0 saturated heterocycles. The molecule has 2 aromatic carbocycles. The number of hydrogen-bond acceptors (Lipinski definition) is 4. The first-order valence-corrected chi connectivity index (χ1v) is 7.24. The fourth-order valence-corrected chi connectivity index (χ4v) is 2.02. The van der Waals surface area contributed by atoms with E-state index in [-0.39, 0.29) is 5.91 Å². The molecule has 1 amide bonds. The van der Waals surface area contributed by atoms with Crippen LogP contribution < -0.4 is 14.9 Å². The van der Waals surface area contributed by atoms with Crippen LogP contribution in [0.25, 0.3) is 0 Å². The van der Waals surface area contributed by atoms with Crippen molar-refractivity contribution in [2.45, 2.75) is 0 Å². The molecule has 0 aromatic heterocycles. The standard InChI is InChI=1S/C16H15BrN2O3/c1-21-14-8-5-12(15(9-14)22-2)10-18-19-16(20)11-3-6-13(17)7-4-11/h3-10H,1-2H3,(H,19,20)/b18-10-. The Labute approximate surface area is 137 Å². The van der Waals surface area contributed by atoms with Gasteiger partial charge in [0.1, 0.15) is 11.5 Å². The van der Waals surface area contributed by atoms with Gasteiger partial charge in [0.15, 0.2) is 0 Å². The van der Waals surface area contributed by atoms with Crippen LogP contribution in [0, 0.1) is 0 Å². The van der Waals surface area contributed by atoms with Gasteiger partial charge in [0.05, 0.1) is 20.4 Å². The van der Waals surface area contributed by atoms with Crippen LogP contribution in [0.4, 0.5) is 0 Å². The number of halogens is 1. The van der Waals surface area contributed by atoms with Crippen LogP contribution in [0.1, 0.15) is 15.9 Å². The molecule has 0 spiro atoms. The van der Waals surface area contributed by atoms with Gasteiger partial charge in [-0.15, -0.1) is 0 Å². The number of rotatable bonds is 5. The summed E-state index contributed by atoms with van der Waals surface area (Å²) in [4.78, 5) is 11.9. The van der Waals surface area contributed by atoms with Crippen molar-refractivity contribution in [3.05, 3.63) is 58.1 Å². The van der Waals surface area contributed by atoms with E-state index in [9.17, 15) is 4.79 Å². The van der Waals surface area contributed by atoms with Crippen molar-refractivity contribution in [2.75, 3.05) is 14.2 Å². The monoisotopic (exact) mass is 362 g/mol. The Morgan fingerprint density at radius 1 is 1.14 bits per heavy atom. The fraction of sp³-hybridized carbons (Fsp3) is 0.125. The summed E-state index contributed by atoms with van der Waals surface area (Å²) in [6, 6.07) is 12.4. The topological polar surface area (TPSA) is 59.9 Å². The van der Waals surface area contributed by atoms with Gasteiger partial charge in [-0.25, -0.2) is 5.43 Å². The van der Waals surface area contributed by atoms with Gasteiger partial charge in [-0.3, -0.25) is 4.79 Å². The maximum atomic E-state index is 11.9. The van der Waals surface area contributed by atoms with Crippen molar-refractivity contribution >= 4 is 28.1 Å². The number of nitrogens with zero attached hydrogens (tertiary/aromatic N) is 1. The predicted molar refractivity (Wildman–Crippen MR) is 88.7 cm³/mol. The molecule has 114 valence electrons. The van der Waals surface area contributed by atoms with Gasteiger partial charge in [0, 0.05) is 21.7 Å². The third-order valence-corrected chi connectivity index (χ3v) is 3.45. The SMILES string of the molecule is COc1ccc(/C=N\NC(=O)c2ccc(Br)cc2)c(OC)c1. The zero-order valence-corrected chi connectivity index (χ0v) is 13.8. The number of hydrazone groups is 1. The van der Waals surface area contributed by atoms with E-state index in [2.05, 4.69) is 26.5 Å². The Morgan fingerprint density at radius 3 is 2.50 bits per heavy atom. The van der Waals surface area contributed by atoms with E-state index in [4.69, 9.17) is 9.47 Å². The average molecular weight is 363 g/mol. The van der Waals surface area contributed by atoms with Gasteiger partial charge in [-0.1, -0.05) is 15.9 Å². The van der Waals surface area contributed by atoms with Crippen molar-refractivity contribution in [1.29, 1.82) is 0 Å². The minimum absolute atomic E-state index is 0.281. The number of methoxy groups -OCH3 is 2. The zero-order chi connectivity index (χ0) is 15.9. The third kappa shape index (κ3) is 4.08. The van der Waals surface area contributed by atoms with Gasteiger partial charge < -0.3 is 9.47 Å². The molecule has 0 radical (unpaired) electrons. The highest BCUT2D eigenvalue weighted by molar-refractivity contribution is 9.10. The molecular formula is C16H15BrN2O3. The first-order chi connectivity index (χ1) is 10.6. The van der Waals surface area contributed by atoms with Crippen molar-refractivity contribution < 1.29 is 14.3 Å². The second kappa shape index (κ2) is 7.61. The molecule has 0 heterocycles. The summed E-state index contributed by atoms with van der Waals surface area (Å²) in [6.07, 6.45) is 1.52. The molecule has 0 atom stereocenters. The molecule has 5 nitrogen and oxygen atoms in total. The Kier molecular flexibility index (Phi) is 5.55. The predicted octanol–water partition coefficient (Wildman–Crippen LogP) is 3.23. The Bertz CT molecular complexity index is 684. The molecule has 0 unspecified atom stereocenters. The Balaban J connectivity index is 2.06. The lowest BCUT2D eigenvalue weighted by Crippen LogP contribution is -2.17. The second-order valence-electron chi connectivity index (χ2n) is 4.31. The van der Waals surface area contributed by atoms with Crippen LogP contribution in [-0.4, -0.2) is 26.3 Å².